The number of rotatable bonds is 11. The van der Waals surface area contributed by atoms with Crippen LogP contribution in [0.3, 0.4) is 0 Å². The van der Waals surface area contributed by atoms with E-state index in [0.717, 1.165) is 29.9 Å². The lowest BCUT2D eigenvalue weighted by atomic mass is 10.1. The maximum absolute atomic E-state index is 12.8. The van der Waals surface area contributed by atoms with Gasteiger partial charge >= 0.3 is 5.97 Å². The van der Waals surface area contributed by atoms with Gasteiger partial charge in [0.25, 0.3) is 0 Å². The summed E-state index contributed by atoms with van der Waals surface area (Å²) in [5.41, 5.74) is 3.74. The molecule has 0 aliphatic rings. The van der Waals surface area contributed by atoms with Gasteiger partial charge < -0.3 is 19.4 Å². The van der Waals surface area contributed by atoms with Crippen molar-refractivity contribution in [3.63, 3.8) is 0 Å². The zero-order chi connectivity index (χ0) is 24.5. The number of ketones is 1. The number of hydrogen-bond donors (Lipinski definition) is 1. The third-order valence-electron chi connectivity index (χ3n) is 5.57. The van der Waals surface area contributed by atoms with Gasteiger partial charge in [0.05, 0.1) is 17.7 Å². The molecule has 34 heavy (non-hydrogen) atoms. The highest BCUT2D eigenvalue weighted by Gasteiger charge is 2.19. The summed E-state index contributed by atoms with van der Waals surface area (Å²) in [6.45, 7) is 4.82. The fraction of sp³-hybridized carbons (Fsp3) is 0.296. The van der Waals surface area contributed by atoms with Gasteiger partial charge in [0, 0.05) is 37.2 Å². The van der Waals surface area contributed by atoms with Gasteiger partial charge in [-0.25, -0.2) is 4.79 Å². The van der Waals surface area contributed by atoms with Crippen LogP contribution in [-0.4, -0.2) is 42.6 Å². The van der Waals surface area contributed by atoms with E-state index < -0.39 is 5.97 Å². The molecule has 0 bridgehead atoms. The van der Waals surface area contributed by atoms with Crippen LogP contribution in [-0.2, 0) is 27.2 Å². The van der Waals surface area contributed by atoms with E-state index >= 15 is 0 Å². The van der Waals surface area contributed by atoms with Gasteiger partial charge in [0.1, 0.15) is 0 Å². The maximum atomic E-state index is 12.8. The van der Waals surface area contributed by atoms with Crippen LogP contribution < -0.4 is 5.32 Å². The first kappa shape index (κ1) is 24.9. The van der Waals surface area contributed by atoms with E-state index in [2.05, 4.69) is 9.88 Å². The molecule has 0 fully saturated rings. The van der Waals surface area contributed by atoms with E-state index in [0.29, 0.717) is 17.9 Å². The van der Waals surface area contributed by atoms with Crippen molar-refractivity contribution in [2.45, 2.75) is 33.2 Å². The molecule has 1 amide bonds. The van der Waals surface area contributed by atoms with E-state index in [-0.39, 0.29) is 30.3 Å². The summed E-state index contributed by atoms with van der Waals surface area (Å²) in [5, 5.41) is 2.77. The Hall–Kier alpha value is -3.71. The van der Waals surface area contributed by atoms with Crippen molar-refractivity contribution >= 4 is 23.3 Å². The lowest BCUT2D eigenvalue weighted by Gasteiger charge is -2.11. The number of benzene rings is 2. The number of aromatic nitrogens is 1. The van der Waals surface area contributed by atoms with Crippen molar-refractivity contribution in [1.82, 2.24) is 4.57 Å². The molecule has 7 heteroatoms. The number of aryl methyl sites for hydroxylation is 1. The van der Waals surface area contributed by atoms with Gasteiger partial charge in [-0.3, -0.25) is 9.59 Å². The van der Waals surface area contributed by atoms with Crippen LogP contribution in [0.25, 0.3) is 0 Å². The van der Waals surface area contributed by atoms with Crippen molar-refractivity contribution in [2.75, 3.05) is 25.6 Å². The third-order valence-corrected chi connectivity index (χ3v) is 5.57. The molecule has 1 aromatic heterocycles. The Morgan fingerprint density at radius 1 is 0.941 bits per heavy atom. The zero-order valence-corrected chi connectivity index (χ0v) is 19.8. The molecular weight excluding hydrogens is 432 g/mol. The number of nitrogens with one attached hydrogen (secondary N) is 1. The predicted octanol–water partition coefficient (Wildman–Crippen LogP) is 4.36. The fourth-order valence-corrected chi connectivity index (χ4v) is 3.83. The normalized spacial score (nSPS) is 10.7. The number of carbonyl (C=O) groups is 3. The van der Waals surface area contributed by atoms with Crippen LogP contribution in [0.2, 0.25) is 0 Å². The number of esters is 1. The Bertz CT molecular complexity index is 1150. The number of hydrogen-bond acceptors (Lipinski definition) is 5. The number of methoxy groups -OCH3 is 1. The second kappa shape index (κ2) is 12.0. The van der Waals surface area contributed by atoms with E-state index in [1.165, 1.54) is 0 Å². The van der Waals surface area contributed by atoms with Crippen molar-refractivity contribution in [3.05, 3.63) is 88.7 Å². The summed E-state index contributed by atoms with van der Waals surface area (Å²) in [6.07, 6.45) is 1.02. The SMILES string of the molecule is COCCCn1c(C)cc(C(=O)COC(=O)c2ccccc2NC(=O)Cc2ccccc2)c1C. The van der Waals surface area contributed by atoms with Gasteiger partial charge in [0.15, 0.2) is 6.61 Å². The summed E-state index contributed by atoms with van der Waals surface area (Å²) < 4.78 is 12.5. The van der Waals surface area contributed by atoms with Gasteiger partial charge in [0.2, 0.25) is 11.7 Å². The molecule has 1 heterocycles. The molecule has 7 nitrogen and oxygen atoms in total. The molecule has 0 aliphatic carbocycles. The molecule has 3 aromatic rings. The molecule has 178 valence electrons. The molecule has 3 rings (SSSR count). The van der Waals surface area contributed by atoms with E-state index in [4.69, 9.17) is 9.47 Å². The third kappa shape index (κ3) is 6.42. The fourth-order valence-electron chi connectivity index (χ4n) is 3.83. The second-order valence-electron chi connectivity index (χ2n) is 8.04. The lowest BCUT2D eigenvalue weighted by molar-refractivity contribution is -0.115. The van der Waals surface area contributed by atoms with Crippen LogP contribution in [0.4, 0.5) is 5.69 Å². The number of Topliss-reactive ketones (excluding diaryl/α,β-unsaturated/α-hetero) is 1. The van der Waals surface area contributed by atoms with Crippen LogP contribution >= 0.6 is 0 Å². The van der Waals surface area contributed by atoms with Gasteiger partial charge in [-0.15, -0.1) is 0 Å². The highest BCUT2D eigenvalue weighted by Crippen LogP contribution is 2.19. The van der Waals surface area contributed by atoms with Crippen LogP contribution in [0.1, 0.15) is 44.1 Å². The number of carbonyl (C=O) groups excluding carboxylic acids is 3. The average Bonchev–Trinajstić information content (AvgIpc) is 3.12. The Morgan fingerprint density at radius 2 is 1.65 bits per heavy atom. The molecule has 2 aromatic carbocycles. The minimum absolute atomic E-state index is 0.183. The maximum Gasteiger partial charge on any atom is 0.340 e. The topological polar surface area (TPSA) is 86.6 Å². The van der Waals surface area contributed by atoms with Crippen molar-refractivity contribution < 1.29 is 23.9 Å². The molecule has 0 saturated heterocycles. The van der Waals surface area contributed by atoms with Crippen molar-refractivity contribution in [3.8, 4) is 0 Å². The molecule has 0 atom stereocenters. The highest BCUT2D eigenvalue weighted by atomic mass is 16.5. The highest BCUT2D eigenvalue weighted by molar-refractivity contribution is 6.04. The second-order valence-corrected chi connectivity index (χ2v) is 8.04. The van der Waals surface area contributed by atoms with Crippen LogP contribution in [0.5, 0.6) is 0 Å². The largest absolute Gasteiger partial charge is 0.454 e. The minimum Gasteiger partial charge on any atom is -0.454 e. The number of nitrogens with zero attached hydrogens (tertiary/aromatic N) is 1. The number of para-hydroxylation sites is 1. The Balaban J connectivity index is 1.63. The molecule has 0 unspecified atom stereocenters. The number of ether oxygens (including phenoxy) is 2. The Labute approximate surface area is 199 Å². The Morgan fingerprint density at radius 3 is 2.38 bits per heavy atom. The summed E-state index contributed by atoms with van der Waals surface area (Å²) in [7, 11) is 1.66. The molecule has 0 saturated carbocycles. The monoisotopic (exact) mass is 462 g/mol. The number of anilines is 1. The van der Waals surface area contributed by atoms with Crippen molar-refractivity contribution in [2.24, 2.45) is 0 Å². The summed E-state index contributed by atoms with van der Waals surface area (Å²) in [6, 6.07) is 17.7. The zero-order valence-electron chi connectivity index (χ0n) is 19.8. The molecule has 0 aliphatic heterocycles. The minimum atomic E-state index is -0.669. The molecule has 0 radical (unpaired) electrons. The number of amides is 1. The first-order chi connectivity index (χ1) is 16.4. The van der Waals surface area contributed by atoms with Gasteiger partial charge in [-0.2, -0.15) is 0 Å². The van der Waals surface area contributed by atoms with Gasteiger partial charge in [-0.05, 0) is 44.0 Å². The van der Waals surface area contributed by atoms with E-state index in [9.17, 15) is 14.4 Å². The average molecular weight is 463 g/mol. The summed E-state index contributed by atoms with van der Waals surface area (Å²) in [5.74, 6) is -1.19. The lowest BCUT2D eigenvalue weighted by Crippen LogP contribution is -2.19. The van der Waals surface area contributed by atoms with Gasteiger partial charge in [-0.1, -0.05) is 42.5 Å². The first-order valence-corrected chi connectivity index (χ1v) is 11.2. The van der Waals surface area contributed by atoms with Crippen LogP contribution in [0, 0.1) is 13.8 Å². The summed E-state index contributed by atoms with van der Waals surface area (Å²) >= 11 is 0. The van der Waals surface area contributed by atoms with E-state index in [1.807, 2.05) is 50.2 Å². The Kier molecular flexibility index (Phi) is 8.76. The van der Waals surface area contributed by atoms with Crippen molar-refractivity contribution in [1.29, 1.82) is 0 Å². The molecular formula is C27H30N2O5. The quantitative estimate of drug-likeness (QED) is 0.260. The smallest absolute Gasteiger partial charge is 0.340 e. The van der Waals surface area contributed by atoms with Crippen LogP contribution in [0.15, 0.2) is 60.7 Å². The summed E-state index contributed by atoms with van der Waals surface area (Å²) in [4.78, 5) is 38.0. The standard InChI is InChI=1S/C27H30N2O5/c1-19-16-23(20(2)29(19)14-9-15-33-3)25(30)18-34-27(32)22-12-7-8-13-24(22)28-26(31)17-21-10-5-4-6-11-21/h4-8,10-13,16H,9,14-15,17-18H2,1-3H3,(H,28,31). The van der Waals surface area contributed by atoms with E-state index in [1.54, 1.807) is 31.4 Å². The molecule has 1 N–H and O–H groups in total. The molecule has 0 spiro atoms. The first-order valence-electron chi connectivity index (χ1n) is 11.2. The predicted molar refractivity (Wildman–Crippen MR) is 130 cm³/mol.